The zero-order chi connectivity index (χ0) is 25.5. The van der Waals surface area contributed by atoms with Gasteiger partial charge in [0.05, 0.1) is 34.5 Å². The summed E-state index contributed by atoms with van der Waals surface area (Å²) in [6.45, 7) is 1.70. The number of rotatable bonds is 8. The number of methoxy groups -OCH3 is 1. The predicted octanol–water partition coefficient (Wildman–Crippen LogP) is 1.84. The first kappa shape index (κ1) is 24.7. The van der Waals surface area contributed by atoms with Gasteiger partial charge in [-0.05, 0) is 25.1 Å². The van der Waals surface area contributed by atoms with Crippen LogP contribution in [0.15, 0.2) is 53.6 Å². The molecule has 0 aliphatic heterocycles. The lowest BCUT2D eigenvalue weighted by Gasteiger charge is -2.18. The number of esters is 1. The number of primary amides is 1. The van der Waals surface area contributed by atoms with Gasteiger partial charge in [-0.15, -0.1) is 0 Å². The third-order valence-electron chi connectivity index (χ3n) is 4.89. The molecule has 0 aliphatic carbocycles. The lowest BCUT2D eigenvalue weighted by Crippen LogP contribution is -2.39. The van der Waals surface area contributed by atoms with Gasteiger partial charge in [-0.2, -0.15) is 5.10 Å². The number of para-hydroxylation sites is 2. The predicted molar refractivity (Wildman–Crippen MR) is 125 cm³/mol. The van der Waals surface area contributed by atoms with Crippen molar-refractivity contribution in [2.75, 3.05) is 12.4 Å². The molecule has 2 aromatic carbocycles. The molecule has 0 radical (unpaired) electrons. The molecule has 0 saturated carbocycles. The van der Waals surface area contributed by atoms with Crippen LogP contribution < -0.4 is 16.5 Å². The van der Waals surface area contributed by atoms with Crippen molar-refractivity contribution in [1.29, 1.82) is 0 Å². The van der Waals surface area contributed by atoms with Crippen LogP contribution in [-0.2, 0) is 20.7 Å². The summed E-state index contributed by atoms with van der Waals surface area (Å²) in [5, 5.41) is 17.2. The zero-order valence-corrected chi connectivity index (χ0v) is 18.7. The fourth-order valence-electron chi connectivity index (χ4n) is 3.24. The summed E-state index contributed by atoms with van der Waals surface area (Å²) in [5.74, 6) is -3.07. The highest BCUT2D eigenvalue weighted by Crippen LogP contribution is 2.20. The number of hydrogen-bond acceptors (Lipinski definition) is 9. The molecule has 0 aliphatic rings. The number of hydrogen-bond donors (Lipinski definition) is 3. The largest absolute Gasteiger partial charge is 0.468 e. The molecule has 180 valence electrons. The Bertz CT molecular complexity index is 1340. The van der Waals surface area contributed by atoms with Crippen LogP contribution in [0.5, 0.6) is 0 Å². The third-order valence-corrected chi connectivity index (χ3v) is 4.89. The number of nitro benzene ring substituents is 1. The van der Waals surface area contributed by atoms with Crippen molar-refractivity contribution in [3.05, 3.63) is 70.0 Å². The highest BCUT2D eigenvalue weighted by molar-refractivity contribution is 6.46. The number of aromatic nitrogens is 2. The van der Waals surface area contributed by atoms with Crippen molar-refractivity contribution < 1.29 is 24.0 Å². The van der Waals surface area contributed by atoms with Gasteiger partial charge in [-0.25, -0.2) is 20.2 Å². The number of amides is 3. The fourth-order valence-corrected chi connectivity index (χ4v) is 3.24. The van der Waals surface area contributed by atoms with Crippen LogP contribution in [-0.4, -0.2) is 45.6 Å². The van der Waals surface area contributed by atoms with Gasteiger partial charge in [0.1, 0.15) is 11.6 Å². The number of non-ortho nitro benzene ring substituents is 1. The van der Waals surface area contributed by atoms with Crippen LogP contribution in [0.4, 0.5) is 16.2 Å². The van der Waals surface area contributed by atoms with Crippen molar-refractivity contribution >= 4 is 46.0 Å². The number of nitrogens with two attached hydrogens (primary N) is 1. The number of fused-ring (bicyclic) bond motifs is 1. The van der Waals surface area contributed by atoms with E-state index >= 15 is 0 Å². The van der Waals surface area contributed by atoms with Crippen LogP contribution in [0.2, 0.25) is 0 Å². The lowest BCUT2D eigenvalue weighted by atomic mass is 9.95. The Morgan fingerprint density at radius 3 is 2.46 bits per heavy atom. The van der Waals surface area contributed by atoms with Crippen LogP contribution in [0, 0.1) is 23.0 Å². The monoisotopic (exact) mass is 479 g/mol. The molecule has 0 unspecified atom stereocenters. The SMILES string of the molecule is COC(=O)[C@@H](Cc1nc2ccccc2nc1C)/C(=N/NC(N)=O)C(=O)Nc1cccc([N+](=O)[O-])c1. The number of carbonyl (C=O) groups excluding carboxylic acids is 3. The molecular formula is C22H21N7O6. The average Bonchev–Trinajstić information content (AvgIpc) is 2.83. The third kappa shape index (κ3) is 6.10. The number of aryl methyl sites for hydroxylation is 1. The number of benzene rings is 2. The second-order valence-corrected chi connectivity index (χ2v) is 7.26. The maximum absolute atomic E-state index is 13.1. The number of hydrazone groups is 1. The topological polar surface area (TPSA) is 192 Å². The summed E-state index contributed by atoms with van der Waals surface area (Å²) in [4.78, 5) is 56.5. The molecule has 35 heavy (non-hydrogen) atoms. The molecule has 1 heterocycles. The van der Waals surface area contributed by atoms with Gasteiger partial charge in [-0.1, -0.05) is 18.2 Å². The van der Waals surface area contributed by atoms with E-state index in [-0.39, 0.29) is 17.8 Å². The van der Waals surface area contributed by atoms with E-state index in [9.17, 15) is 24.5 Å². The zero-order valence-electron chi connectivity index (χ0n) is 18.7. The maximum Gasteiger partial charge on any atom is 0.332 e. The molecule has 13 nitrogen and oxygen atoms in total. The van der Waals surface area contributed by atoms with Gasteiger partial charge in [0.2, 0.25) is 0 Å². The van der Waals surface area contributed by atoms with Crippen LogP contribution in [0.25, 0.3) is 11.0 Å². The molecule has 0 spiro atoms. The van der Waals surface area contributed by atoms with E-state index in [4.69, 9.17) is 10.5 Å². The van der Waals surface area contributed by atoms with Crippen molar-refractivity contribution in [2.45, 2.75) is 13.3 Å². The minimum absolute atomic E-state index is 0.0706. The maximum atomic E-state index is 13.1. The Balaban J connectivity index is 2.00. The second kappa shape index (κ2) is 10.8. The highest BCUT2D eigenvalue weighted by atomic mass is 16.6. The second-order valence-electron chi connectivity index (χ2n) is 7.26. The Morgan fingerprint density at radius 1 is 1.14 bits per heavy atom. The molecule has 3 amide bonds. The van der Waals surface area contributed by atoms with E-state index in [2.05, 4.69) is 20.4 Å². The van der Waals surface area contributed by atoms with E-state index in [1.54, 1.807) is 25.1 Å². The Hall–Kier alpha value is -4.94. The average molecular weight is 479 g/mol. The lowest BCUT2D eigenvalue weighted by molar-refractivity contribution is -0.384. The summed E-state index contributed by atoms with van der Waals surface area (Å²) < 4.78 is 4.87. The standard InChI is InChI=1S/C22H21N7O6/c1-12-18(26-17-9-4-3-8-16(17)24-12)11-15(21(31)35-2)19(27-28-22(23)32)20(30)25-13-6-5-7-14(10-13)29(33)34/h3-10,15H,11H2,1-2H3,(H,25,30)(H3,23,28,32)/b27-19-/t15-/m0/s1. The van der Waals surface area contributed by atoms with Gasteiger partial charge < -0.3 is 15.8 Å². The van der Waals surface area contributed by atoms with E-state index in [0.29, 0.717) is 22.4 Å². The normalized spacial score (nSPS) is 12.0. The van der Waals surface area contributed by atoms with Crippen molar-refractivity contribution in [3.8, 4) is 0 Å². The number of nitro groups is 1. The fraction of sp³-hybridized carbons (Fsp3) is 0.182. The smallest absolute Gasteiger partial charge is 0.332 e. The van der Waals surface area contributed by atoms with Crippen molar-refractivity contribution in [3.63, 3.8) is 0 Å². The van der Waals surface area contributed by atoms with Crippen LogP contribution in [0.1, 0.15) is 11.4 Å². The van der Waals surface area contributed by atoms with Gasteiger partial charge >= 0.3 is 12.0 Å². The first-order valence-corrected chi connectivity index (χ1v) is 10.2. The summed E-state index contributed by atoms with van der Waals surface area (Å²) in [7, 11) is 1.13. The van der Waals surface area contributed by atoms with Crippen molar-refractivity contribution in [1.82, 2.24) is 15.4 Å². The number of urea groups is 1. The minimum atomic E-state index is -1.32. The molecule has 1 atom stereocenters. The first-order valence-electron chi connectivity index (χ1n) is 10.2. The first-order chi connectivity index (χ1) is 16.7. The molecular weight excluding hydrogens is 458 g/mol. The Morgan fingerprint density at radius 2 is 1.83 bits per heavy atom. The molecule has 13 heteroatoms. The number of nitrogens with zero attached hydrogens (tertiary/aromatic N) is 4. The molecule has 3 aromatic rings. The van der Waals surface area contributed by atoms with Gasteiger partial charge in [0.15, 0.2) is 0 Å². The van der Waals surface area contributed by atoms with Gasteiger partial charge in [0.25, 0.3) is 11.6 Å². The number of nitrogens with one attached hydrogen (secondary N) is 2. The van der Waals surface area contributed by atoms with Crippen LogP contribution in [0.3, 0.4) is 0 Å². The van der Waals surface area contributed by atoms with E-state index in [1.807, 2.05) is 11.5 Å². The molecule has 0 fully saturated rings. The van der Waals surface area contributed by atoms with E-state index in [1.165, 1.54) is 18.2 Å². The Labute approximate surface area is 198 Å². The number of carbonyl (C=O) groups is 3. The highest BCUT2D eigenvalue weighted by Gasteiger charge is 2.33. The minimum Gasteiger partial charge on any atom is -0.468 e. The molecule has 3 rings (SSSR count). The molecule has 1 aromatic heterocycles. The quantitative estimate of drug-likeness (QED) is 0.188. The summed E-state index contributed by atoms with van der Waals surface area (Å²) >= 11 is 0. The summed E-state index contributed by atoms with van der Waals surface area (Å²) in [6.07, 6.45) is -0.141. The van der Waals surface area contributed by atoms with E-state index < -0.39 is 34.5 Å². The molecule has 4 N–H and O–H groups in total. The van der Waals surface area contributed by atoms with Gasteiger partial charge in [0, 0.05) is 24.2 Å². The Kier molecular flexibility index (Phi) is 7.61. The van der Waals surface area contributed by atoms with Gasteiger partial charge in [-0.3, -0.25) is 19.7 Å². The number of anilines is 1. The molecule has 0 bridgehead atoms. The summed E-state index contributed by atoms with van der Waals surface area (Å²) in [5.41, 5.74) is 8.53. The van der Waals surface area contributed by atoms with Crippen molar-refractivity contribution in [2.24, 2.45) is 16.8 Å². The van der Waals surface area contributed by atoms with Crippen LogP contribution >= 0.6 is 0 Å². The van der Waals surface area contributed by atoms with E-state index in [0.717, 1.165) is 13.2 Å². The summed E-state index contributed by atoms with van der Waals surface area (Å²) in [6, 6.07) is 11.2. The number of ether oxygens (including phenoxy) is 1. The molecule has 0 saturated heterocycles.